The van der Waals surface area contributed by atoms with Crippen molar-refractivity contribution in [1.82, 2.24) is 5.32 Å². The smallest absolute Gasteiger partial charge is 0.404 e. The molecule has 0 aromatic heterocycles. The first-order chi connectivity index (χ1) is 7.58. The Morgan fingerprint density at radius 2 is 2.31 bits per heavy atom. The highest BCUT2D eigenvalue weighted by Gasteiger charge is 2.21. The van der Waals surface area contributed by atoms with Gasteiger partial charge in [-0.3, -0.25) is 0 Å². The lowest BCUT2D eigenvalue weighted by Crippen LogP contribution is -2.38. The van der Waals surface area contributed by atoms with Crippen molar-refractivity contribution in [3.05, 3.63) is 33.3 Å². The quantitative estimate of drug-likeness (QED) is 0.833. The molecule has 0 saturated carbocycles. The fraction of sp³-hybridized carbons (Fsp3) is 0.417. The second-order valence-electron chi connectivity index (χ2n) is 4.20. The van der Waals surface area contributed by atoms with Crippen LogP contribution in [0.3, 0.4) is 0 Å². The van der Waals surface area contributed by atoms with E-state index in [0.717, 1.165) is 23.7 Å². The first-order valence-corrected chi connectivity index (χ1v) is 6.13. The van der Waals surface area contributed by atoms with Gasteiger partial charge >= 0.3 is 6.09 Å². The van der Waals surface area contributed by atoms with Gasteiger partial charge in [-0.05, 0) is 48.9 Å². The van der Waals surface area contributed by atoms with Gasteiger partial charge in [-0.2, -0.15) is 0 Å². The van der Waals surface area contributed by atoms with Crippen LogP contribution in [-0.4, -0.2) is 17.2 Å². The molecule has 3 nitrogen and oxygen atoms in total. The van der Waals surface area contributed by atoms with E-state index in [9.17, 15) is 4.79 Å². The van der Waals surface area contributed by atoms with Crippen LogP contribution in [0, 0.1) is 6.92 Å². The summed E-state index contributed by atoms with van der Waals surface area (Å²) in [4.78, 5) is 10.6. The average molecular weight is 284 g/mol. The zero-order chi connectivity index (χ0) is 11.7. The molecule has 0 aliphatic heterocycles. The third kappa shape index (κ3) is 2.21. The van der Waals surface area contributed by atoms with E-state index in [1.807, 2.05) is 6.07 Å². The normalized spacial score (nSPS) is 19.0. The Morgan fingerprint density at radius 1 is 1.56 bits per heavy atom. The number of carbonyl (C=O) groups is 1. The maximum Gasteiger partial charge on any atom is 0.404 e. The number of fused-ring (bicyclic) bond motifs is 1. The van der Waals surface area contributed by atoms with Crippen LogP contribution >= 0.6 is 15.9 Å². The van der Waals surface area contributed by atoms with Crippen molar-refractivity contribution in [3.8, 4) is 0 Å². The van der Waals surface area contributed by atoms with Crippen LogP contribution in [-0.2, 0) is 12.8 Å². The highest BCUT2D eigenvalue weighted by Crippen LogP contribution is 2.29. The minimum Gasteiger partial charge on any atom is -0.465 e. The van der Waals surface area contributed by atoms with Gasteiger partial charge < -0.3 is 10.4 Å². The largest absolute Gasteiger partial charge is 0.465 e. The van der Waals surface area contributed by atoms with Gasteiger partial charge in [0.05, 0.1) is 0 Å². The summed E-state index contributed by atoms with van der Waals surface area (Å²) in [5.41, 5.74) is 3.93. The van der Waals surface area contributed by atoms with E-state index in [1.165, 1.54) is 16.7 Å². The van der Waals surface area contributed by atoms with Gasteiger partial charge in [-0.25, -0.2) is 4.79 Å². The third-order valence-corrected chi connectivity index (χ3v) is 4.03. The molecule has 0 spiro atoms. The predicted molar refractivity (Wildman–Crippen MR) is 65.9 cm³/mol. The maximum atomic E-state index is 10.6. The number of halogens is 1. The Hall–Kier alpha value is -1.03. The molecule has 0 fully saturated rings. The standard InChI is InChI=1S/C12H14BrNO2/c1-7-10-4-3-9(14-12(15)16)6-8(10)2-5-11(7)13/h2,5,9,14H,3-4,6H2,1H3,(H,15,16). The summed E-state index contributed by atoms with van der Waals surface area (Å²) in [6.07, 6.45) is 1.71. The minimum atomic E-state index is -0.928. The van der Waals surface area contributed by atoms with E-state index in [2.05, 4.69) is 34.2 Å². The lowest BCUT2D eigenvalue weighted by Gasteiger charge is -2.26. The van der Waals surface area contributed by atoms with E-state index >= 15 is 0 Å². The van der Waals surface area contributed by atoms with Gasteiger partial charge in [-0.15, -0.1) is 0 Å². The van der Waals surface area contributed by atoms with E-state index in [4.69, 9.17) is 5.11 Å². The molecule has 1 aromatic carbocycles. The fourth-order valence-electron chi connectivity index (χ4n) is 2.31. The highest BCUT2D eigenvalue weighted by atomic mass is 79.9. The van der Waals surface area contributed by atoms with Crippen LogP contribution in [0.15, 0.2) is 16.6 Å². The molecule has 0 bridgehead atoms. The summed E-state index contributed by atoms with van der Waals surface area (Å²) >= 11 is 3.52. The van der Waals surface area contributed by atoms with Crippen LogP contribution in [0.1, 0.15) is 23.1 Å². The second kappa shape index (κ2) is 4.45. The van der Waals surface area contributed by atoms with Crippen molar-refractivity contribution < 1.29 is 9.90 Å². The first kappa shape index (κ1) is 11.5. The van der Waals surface area contributed by atoms with Crippen molar-refractivity contribution >= 4 is 22.0 Å². The zero-order valence-corrected chi connectivity index (χ0v) is 10.7. The highest BCUT2D eigenvalue weighted by molar-refractivity contribution is 9.10. The van der Waals surface area contributed by atoms with Crippen molar-refractivity contribution in [3.63, 3.8) is 0 Å². The Morgan fingerprint density at radius 3 is 3.00 bits per heavy atom. The summed E-state index contributed by atoms with van der Waals surface area (Å²) in [6, 6.07) is 4.19. The number of hydrogen-bond donors (Lipinski definition) is 2. The second-order valence-corrected chi connectivity index (χ2v) is 5.05. The molecule has 1 aliphatic rings. The Bertz CT molecular complexity index is 431. The molecule has 2 rings (SSSR count). The molecule has 4 heteroatoms. The summed E-state index contributed by atoms with van der Waals surface area (Å²) in [7, 11) is 0. The summed E-state index contributed by atoms with van der Waals surface area (Å²) in [5.74, 6) is 0. The number of amides is 1. The molecule has 0 saturated heterocycles. The SMILES string of the molecule is Cc1c(Br)ccc2c1CCC(NC(=O)O)C2. The number of hydrogen-bond acceptors (Lipinski definition) is 1. The van der Waals surface area contributed by atoms with Crippen molar-refractivity contribution in [2.75, 3.05) is 0 Å². The van der Waals surface area contributed by atoms with Crippen LogP contribution in [0.4, 0.5) is 4.79 Å². The molecular formula is C12H14BrNO2. The summed E-state index contributed by atoms with van der Waals surface area (Å²) in [6.45, 7) is 2.11. The van der Waals surface area contributed by atoms with Gasteiger partial charge in [0, 0.05) is 10.5 Å². The molecule has 86 valence electrons. The predicted octanol–water partition coefficient (Wildman–Crippen LogP) is 2.88. The molecule has 1 aromatic rings. The lowest BCUT2D eigenvalue weighted by atomic mass is 9.86. The van der Waals surface area contributed by atoms with Crippen LogP contribution in [0.25, 0.3) is 0 Å². The Balaban J connectivity index is 2.22. The Labute approximate surface area is 103 Å². The summed E-state index contributed by atoms with van der Waals surface area (Å²) in [5, 5.41) is 11.3. The van der Waals surface area contributed by atoms with Gasteiger partial charge in [0.25, 0.3) is 0 Å². The molecule has 2 N–H and O–H groups in total. The van der Waals surface area contributed by atoms with Crippen LogP contribution in [0.2, 0.25) is 0 Å². The topological polar surface area (TPSA) is 49.3 Å². The molecule has 0 heterocycles. The Kier molecular flexibility index (Phi) is 3.19. The van der Waals surface area contributed by atoms with E-state index in [-0.39, 0.29) is 6.04 Å². The van der Waals surface area contributed by atoms with Gasteiger partial charge in [0.15, 0.2) is 0 Å². The first-order valence-electron chi connectivity index (χ1n) is 5.34. The fourth-order valence-corrected chi connectivity index (χ4v) is 2.68. The van der Waals surface area contributed by atoms with Crippen molar-refractivity contribution in [1.29, 1.82) is 0 Å². The molecule has 1 unspecified atom stereocenters. The van der Waals surface area contributed by atoms with Crippen molar-refractivity contribution in [2.45, 2.75) is 32.2 Å². The maximum absolute atomic E-state index is 10.6. The zero-order valence-electron chi connectivity index (χ0n) is 9.09. The van der Waals surface area contributed by atoms with Gasteiger partial charge in [-0.1, -0.05) is 22.0 Å². The lowest BCUT2D eigenvalue weighted by molar-refractivity contribution is 0.188. The molecule has 1 atom stereocenters. The number of nitrogens with one attached hydrogen (secondary N) is 1. The van der Waals surface area contributed by atoms with Crippen LogP contribution in [0.5, 0.6) is 0 Å². The van der Waals surface area contributed by atoms with E-state index < -0.39 is 6.09 Å². The van der Waals surface area contributed by atoms with Crippen molar-refractivity contribution in [2.24, 2.45) is 0 Å². The number of carboxylic acid groups (broad SMARTS) is 1. The molecule has 0 radical (unpaired) electrons. The van der Waals surface area contributed by atoms with Gasteiger partial charge in [0.1, 0.15) is 0 Å². The molecular weight excluding hydrogens is 270 g/mol. The monoisotopic (exact) mass is 283 g/mol. The molecule has 16 heavy (non-hydrogen) atoms. The molecule has 1 aliphatic carbocycles. The summed E-state index contributed by atoms with van der Waals surface area (Å²) < 4.78 is 1.14. The molecule has 1 amide bonds. The number of benzene rings is 1. The minimum absolute atomic E-state index is 0.0607. The van der Waals surface area contributed by atoms with E-state index in [1.54, 1.807) is 0 Å². The third-order valence-electron chi connectivity index (χ3n) is 3.17. The number of rotatable bonds is 1. The van der Waals surface area contributed by atoms with E-state index in [0.29, 0.717) is 0 Å². The average Bonchev–Trinajstić information content (AvgIpc) is 2.23. The van der Waals surface area contributed by atoms with Crippen LogP contribution < -0.4 is 5.32 Å². The van der Waals surface area contributed by atoms with Gasteiger partial charge in [0.2, 0.25) is 0 Å².